The molecule has 2 rings (SSSR count). The summed E-state index contributed by atoms with van der Waals surface area (Å²) in [5.74, 6) is 0. The minimum atomic E-state index is -3.82. The van der Waals surface area contributed by atoms with Crippen LogP contribution in [-0.4, -0.2) is 24.7 Å². The maximum absolute atomic E-state index is 12.8. The van der Waals surface area contributed by atoms with E-state index in [0.717, 1.165) is 11.6 Å². The summed E-state index contributed by atoms with van der Waals surface area (Å²) in [6.07, 6.45) is 0. The third kappa shape index (κ3) is 4.28. The van der Waals surface area contributed by atoms with Crippen molar-refractivity contribution in [3.63, 3.8) is 0 Å². The predicted molar refractivity (Wildman–Crippen MR) is 102 cm³/mol. The molecule has 0 aromatic heterocycles. The van der Waals surface area contributed by atoms with Gasteiger partial charge in [0.15, 0.2) is 0 Å². The van der Waals surface area contributed by atoms with Crippen molar-refractivity contribution in [3.05, 3.63) is 69.3 Å². The predicted octanol–water partition coefficient (Wildman–Crippen LogP) is 4.02. The molecular formula is C19H24N2O4S. The molecule has 0 unspecified atom stereocenters. The molecule has 0 spiro atoms. The first-order valence-electron chi connectivity index (χ1n) is 8.24. The van der Waals surface area contributed by atoms with Crippen molar-refractivity contribution in [2.75, 3.05) is 7.05 Å². The van der Waals surface area contributed by atoms with Crippen molar-refractivity contribution in [1.29, 1.82) is 0 Å². The van der Waals surface area contributed by atoms with Crippen LogP contribution in [0.5, 0.6) is 0 Å². The van der Waals surface area contributed by atoms with Crippen LogP contribution in [0.4, 0.5) is 5.69 Å². The number of benzene rings is 2. The Morgan fingerprint density at radius 3 is 2.15 bits per heavy atom. The minimum absolute atomic E-state index is 0.0251. The second kappa shape index (κ2) is 7.17. The summed E-state index contributed by atoms with van der Waals surface area (Å²) < 4.78 is 26.7. The van der Waals surface area contributed by atoms with Crippen LogP contribution in [0.25, 0.3) is 0 Å². The van der Waals surface area contributed by atoms with Gasteiger partial charge in [0.25, 0.3) is 5.69 Å². The average molecular weight is 376 g/mol. The van der Waals surface area contributed by atoms with Crippen molar-refractivity contribution < 1.29 is 13.3 Å². The van der Waals surface area contributed by atoms with E-state index in [0.29, 0.717) is 5.56 Å². The lowest BCUT2D eigenvalue weighted by Crippen LogP contribution is -2.26. The van der Waals surface area contributed by atoms with E-state index in [9.17, 15) is 18.5 Å². The smallest absolute Gasteiger partial charge is 0.258 e. The first-order chi connectivity index (χ1) is 11.9. The maximum atomic E-state index is 12.8. The standard InChI is InChI=1S/C19H24N2O4S/c1-14-6-11-17(12-18(14)21(22)23)26(24,25)20(5)13-15-7-9-16(10-8-15)19(2,3)4/h6-12H,13H2,1-5H3. The fraction of sp³-hybridized carbons (Fsp3) is 0.368. The van der Waals surface area contributed by atoms with Gasteiger partial charge in [0.2, 0.25) is 10.0 Å². The molecule has 0 saturated carbocycles. The first kappa shape index (κ1) is 20.1. The third-order valence-electron chi connectivity index (χ3n) is 4.31. The molecule has 7 heteroatoms. The summed E-state index contributed by atoms with van der Waals surface area (Å²) in [4.78, 5) is 10.4. The van der Waals surface area contributed by atoms with Crippen LogP contribution in [0.15, 0.2) is 47.4 Å². The number of nitrogens with zero attached hydrogens (tertiary/aromatic N) is 2. The topological polar surface area (TPSA) is 80.5 Å². The van der Waals surface area contributed by atoms with Crippen LogP contribution in [0, 0.1) is 17.0 Å². The molecule has 2 aromatic rings. The molecule has 0 aliphatic carbocycles. The van der Waals surface area contributed by atoms with Gasteiger partial charge in [0.1, 0.15) is 0 Å². The lowest BCUT2D eigenvalue weighted by atomic mass is 9.87. The molecule has 0 amide bonds. The van der Waals surface area contributed by atoms with E-state index in [1.807, 2.05) is 24.3 Å². The van der Waals surface area contributed by atoms with E-state index in [4.69, 9.17) is 0 Å². The van der Waals surface area contributed by atoms with Crippen molar-refractivity contribution in [1.82, 2.24) is 4.31 Å². The van der Waals surface area contributed by atoms with Crippen molar-refractivity contribution >= 4 is 15.7 Å². The van der Waals surface area contributed by atoms with Crippen LogP contribution in [0.2, 0.25) is 0 Å². The molecule has 0 fully saturated rings. The van der Waals surface area contributed by atoms with Crippen molar-refractivity contribution in [2.45, 2.75) is 44.6 Å². The number of nitro benzene ring substituents is 1. The Hall–Kier alpha value is -2.25. The molecule has 0 atom stereocenters. The number of aryl methyl sites for hydroxylation is 1. The number of sulfonamides is 1. The van der Waals surface area contributed by atoms with E-state index in [1.165, 1.54) is 29.0 Å². The lowest BCUT2D eigenvalue weighted by molar-refractivity contribution is -0.385. The van der Waals surface area contributed by atoms with Crippen LogP contribution in [0.3, 0.4) is 0 Å². The van der Waals surface area contributed by atoms with Gasteiger partial charge in [0.05, 0.1) is 9.82 Å². The molecule has 0 heterocycles. The molecule has 0 radical (unpaired) electrons. The molecular weight excluding hydrogens is 352 g/mol. The van der Waals surface area contributed by atoms with Gasteiger partial charge in [0, 0.05) is 25.2 Å². The number of rotatable bonds is 5. The Bertz CT molecular complexity index is 914. The van der Waals surface area contributed by atoms with Gasteiger partial charge >= 0.3 is 0 Å². The van der Waals surface area contributed by atoms with Crippen LogP contribution in [-0.2, 0) is 22.0 Å². The number of hydrogen-bond acceptors (Lipinski definition) is 4. The van der Waals surface area contributed by atoms with E-state index in [-0.39, 0.29) is 22.5 Å². The highest BCUT2D eigenvalue weighted by atomic mass is 32.2. The van der Waals surface area contributed by atoms with Crippen LogP contribution in [0.1, 0.15) is 37.5 Å². The van der Waals surface area contributed by atoms with Crippen LogP contribution >= 0.6 is 0 Å². The zero-order chi connectivity index (χ0) is 19.7. The molecule has 0 bridgehead atoms. The van der Waals surface area contributed by atoms with E-state index >= 15 is 0 Å². The Kier molecular flexibility index (Phi) is 5.53. The summed E-state index contributed by atoms with van der Waals surface area (Å²) in [5.41, 5.74) is 2.27. The Morgan fingerprint density at radius 2 is 1.65 bits per heavy atom. The summed E-state index contributed by atoms with van der Waals surface area (Å²) in [6, 6.07) is 11.8. The van der Waals surface area contributed by atoms with Gasteiger partial charge in [-0.25, -0.2) is 8.42 Å². The summed E-state index contributed by atoms with van der Waals surface area (Å²) in [7, 11) is -2.35. The first-order valence-corrected chi connectivity index (χ1v) is 9.68. The van der Waals surface area contributed by atoms with Gasteiger partial charge in [-0.3, -0.25) is 10.1 Å². The quantitative estimate of drug-likeness (QED) is 0.583. The molecule has 0 aliphatic rings. The fourth-order valence-electron chi connectivity index (χ4n) is 2.58. The average Bonchev–Trinajstić information content (AvgIpc) is 2.54. The van der Waals surface area contributed by atoms with Gasteiger partial charge in [-0.1, -0.05) is 51.1 Å². The zero-order valence-electron chi connectivity index (χ0n) is 15.7. The second-order valence-corrected chi connectivity index (χ2v) is 9.46. The van der Waals surface area contributed by atoms with E-state index in [2.05, 4.69) is 20.8 Å². The maximum Gasteiger partial charge on any atom is 0.273 e. The molecule has 26 heavy (non-hydrogen) atoms. The molecule has 0 N–H and O–H groups in total. The fourth-order valence-corrected chi connectivity index (χ4v) is 3.76. The summed E-state index contributed by atoms with van der Waals surface area (Å²) in [6.45, 7) is 8.11. The second-order valence-electron chi connectivity index (χ2n) is 7.41. The van der Waals surface area contributed by atoms with Crippen molar-refractivity contribution in [3.8, 4) is 0 Å². The molecule has 2 aromatic carbocycles. The molecule has 6 nitrogen and oxygen atoms in total. The van der Waals surface area contributed by atoms with Gasteiger partial charge in [-0.2, -0.15) is 4.31 Å². The number of hydrogen-bond donors (Lipinski definition) is 0. The Labute approximate surface area is 154 Å². The van der Waals surface area contributed by atoms with Gasteiger partial charge in [-0.05, 0) is 29.5 Å². The molecule has 140 valence electrons. The Balaban J connectivity index is 2.27. The number of nitro groups is 1. The van der Waals surface area contributed by atoms with E-state index in [1.54, 1.807) is 6.92 Å². The highest BCUT2D eigenvalue weighted by Crippen LogP contribution is 2.26. The monoisotopic (exact) mass is 376 g/mol. The summed E-state index contributed by atoms with van der Waals surface area (Å²) in [5, 5.41) is 11.1. The lowest BCUT2D eigenvalue weighted by Gasteiger charge is -2.21. The SMILES string of the molecule is Cc1ccc(S(=O)(=O)N(C)Cc2ccc(C(C)(C)C)cc2)cc1[N+](=O)[O-]. The van der Waals surface area contributed by atoms with Crippen LogP contribution < -0.4 is 0 Å². The Morgan fingerprint density at radius 1 is 1.08 bits per heavy atom. The third-order valence-corrected chi connectivity index (χ3v) is 6.11. The van der Waals surface area contributed by atoms with Gasteiger partial charge < -0.3 is 0 Å². The molecule has 0 aliphatic heterocycles. The minimum Gasteiger partial charge on any atom is -0.258 e. The zero-order valence-corrected chi connectivity index (χ0v) is 16.5. The van der Waals surface area contributed by atoms with Crippen molar-refractivity contribution in [2.24, 2.45) is 0 Å². The van der Waals surface area contributed by atoms with Gasteiger partial charge in [-0.15, -0.1) is 0 Å². The highest BCUT2D eigenvalue weighted by Gasteiger charge is 2.24. The van der Waals surface area contributed by atoms with E-state index < -0.39 is 14.9 Å². The largest absolute Gasteiger partial charge is 0.273 e. The normalized spacial score (nSPS) is 12.4. The molecule has 0 saturated heterocycles. The highest BCUT2D eigenvalue weighted by molar-refractivity contribution is 7.89. The summed E-state index contributed by atoms with van der Waals surface area (Å²) >= 11 is 0.